The van der Waals surface area contributed by atoms with Gasteiger partial charge in [-0.1, -0.05) is 30.3 Å². The summed E-state index contributed by atoms with van der Waals surface area (Å²) in [7, 11) is 0. The Labute approximate surface area is 89.3 Å². The summed E-state index contributed by atoms with van der Waals surface area (Å²) in [5.41, 5.74) is 1.18. The summed E-state index contributed by atoms with van der Waals surface area (Å²) in [6, 6.07) is 9.94. The van der Waals surface area contributed by atoms with Gasteiger partial charge < -0.3 is 5.11 Å². The van der Waals surface area contributed by atoms with Crippen molar-refractivity contribution in [3.63, 3.8) is 0 Å². The molecule has 1 aliphatic rings. The van der Waals surface area contributed by atoms with Crippen LogP contribution in [0.1, 0.15) is 24.9 Å². The van der Waals surface area contributed by atoms with E-state index in [1.54, 1.807) is 0 Å². The predicted molar refractivity (Wildman–Crippen MR) is 57.6 cm³/mol. The highest BCUT2D eigenvalue weighted by atomic mass is 16.4. The van der Waals surface area contributed by atoms with E-state index < -0.39 is 5.97 Å². The number of carboxylic acids is 1. The van der Waals surface area contributed by atoms with Gasteiger partial charge in [0.05, 0.1) is 0 Å². The molecule has 0 aromatic heterocycles. The van der Waals surface area contributed by atoms with Gasteiger partial charge in [-0.3, -0.25) is 9.69 Å². The summed E-state index contributed by atoms with van der Waals surface area (Å²) < 4.78 is 0. The van der Waals surface area contributed by atoms with Crippen molar-refractivity contribution in [3.8, 4) is 0 Å². The molecule has 1 fully saturated rings. The zero-order valence-electron chi connectivity index (χ0n) is 8.76. The minimum atomic E-state index is -0.705. The Kier molecular flexibility index (Phi) is 2.73. The van der Waals surface area contributed by atoms with Crippen molar-refractivity contribution in [2.75, 3.05) is 6.54 Å². The Morgan fingerprint density at radius 3 is 2.60 bits per heavy atom. The van der Waals surface area contributed by atoms with E-state index >= 15 is 0 Å². The lowest BCUT2D eigenvalue weighted by Crippen LogP contribution is -2.53. The van der Waals surface area contributed by atoms with E-state index in [9.17, 15) is 4.79 Å². The minimum absolute atomic E-state index is 0.195. The third-order valence-electron chi connectivity index (χ3n) is 3.13. The lowest BCUT2D eigenvalue weighted by Gasteiger charge is -2.42. The zero-order chi connectivity index (χ0) is 10.8. The molecule has 15 heavy (non-hydrogen) atoms. The van der Waals surface area contributed by atoms with Crippen LogP contribution >= 0.6 is 0 Å². The largest absolute Gasteiger partial charge is 0.480 e. The molecule has 1 aromatic rings. The highest BCUT2D eigenvalue weighted by Crippen LogP contribution is 2.29. The molecular weight excluding hydrogens is 190 g/mol. The van der Waals surface area contributed by atoms with Gasteiger partial charge in [-0.05, 0) is 18.9 Å². The Morgan fingerprint density at radius 2 is 2.13 bits per heavy atom. The predicted octanol–water partition coefficient (Wildman–Crippen LogP) is 1.91. The SMILES string of the molecule is C[C@@H](c1ccccc1)N1CC[C@H]1C(=O)O. The fourth-order valence-electron chi connectivity index (χ4n) is 2.06. The molecule has 0 aliphatic carbocycles. The normalized spacial score (nSPS) is 23.1. The fourth-order valence-corrected chi connectivity index (χ4v) is 2.06. The molecule has 1 saturated heterocycles. The van der Waals surface area contributed by atoms with Crippen molar-refractivity contribution >= 4 is 5.97 Å². The van der Waals surface area contributed by atoms with E-state index in [1.807, 2.05) is 35.2 Å². The summed E-state index contributed by atoms with van der Waals surface area (Å²) in [5.74, 6) is -0.705. The number of carboxylic acid groups (broad SMARTS) is 1. The first-order valence-corrected chi connectivity index (χ1v) is 5.23. The van der Waals surface area contributed by atoms with Gasteiger partial charge >= 0.3 is 5.97 Å². The maximum Gasteiger partial charge on any atom is 0.320 e. The monoisotopic (exact) mass is 205 g/mol. The fraction of sp³-hybridized carbons (Fsp3) is 0.417. The van der Waals surface area contributed by atoms with E-state index in [0.29, 0.717) is 0 Å². The second-order valence-corrected chi connectivity index (χ2v) is 3.97. The second kappa shape index (κ2) is 4.03. The average Bonchev–Trinajstić information content (AvgIpc) is 2.16. The molecule has 3 heteroatoms. The number of benzene rings is 1. The van der Waals surface area contributed by atoms with E-state index in [0.717, 1.165) is 13.0 Å². The van der Waals surface area contributed by atoms with Crippen molar-refractivity contribution < 1.29 is 9.90 Å². The summed E-state index contributed by atoms with van der Waals surface area (Å²) in [4.78, 5) is 12.9. The van der Waals surface area contributed by atoms with Crippen molar-refractivity contribution in [2.45, 2.75) is 25.4 Å². The Hall–Kier alpha value is -1.35. The maximum absolute atomic E-state index is 10.9. The lowest BCUT2D eigenvalue weighted by atomic mass is 9.96. The van der Waals surface area contributed by atoms with Gasteiger partial charge in [0.1, 0.15) is 6.04 Å². The van der Waals surface area contributed by atoms with E-state index in [4.69, 9.17) is 5.11 Å². The van der Waals surface area contributed by atoms with Crippen LogP contribution in [0.5, 0.6) is 0 Å². The van der Waals surface area contributed by atoms with Crippen LogP contribution in [-0.2, 0) is 4.79 Å². The highest BCUT2D eigenvalue weighted by Gasteiger charge is 2.37. The molecule has 1 aliphatic heterocycles. The van der Waals surface area contributed by atoms with Crippen LogP contribution in [-0.4, -0.2) is 28.6 Å². The molecule has 0 bridgehead atoms. The Balaban J connectivity index is 2.09. The number of aliphatic carboxylic acids is 1. The summed E-state index contributed by atoms with van der Waals surface area (Å²) in [5, 5.41) is 8.96. The first-order valence-electron chi connectivity index (χ1n) is 5.23. The number of likely N-dealkylation sites (tertiary alicyclic amines) is 1. The number of rotatable bonds is 3. The third-order valence-corrected chi connectivity index (χ3v) is 3.13. The maximum atomic E-state index is 10.9. The van der Waals surface area contributed by atoms with Crippen LogP contribution in [0.3, 0.4) is 0 Å². The summed E-state index contributed by atoms with van der Waals surface area (Å²) in [6.45, 7) is 2.94. The molecule has 2 rings (SSSR count). The molecule has 1 N–H and O–H groups in total. The number of hydrogen-bond acceptors (Lipinski definition) is 2. The van der Waals surface area contributed by atoms with Crippen LogP contribution in [0.15, 0.2) is 30.3 Å². The standard InChI is InChI=1S/C12H15NO2/c1-9(10-5-3-2-4-6-10)13-8-7-11(13)12(14)15/h2-6,9,11H,7-8H2,1H3,(H,14,15)/t9-,11-/m0/s1. The Bertz CT molecular complexity index is 350. The molecule has 0 radical (unpaired) electrons. The molecule has 3 nitrogen and oxygen atoms in total. The molecule has 0 saturated carbocycles. The molecule has 2 atom stereocenters. The topological polar surface area (TPSA) is 40.5 Å². The lowest BCUT2D eigenvalue weighted by molar-refractivity contribution is -0.150. The number of carbonyl (C=O) groups is 1. The summed E-state index contributed by atoms with van der Waals surface area (Å²) >= 11 is 0. The number of nitrogens with zero attached hydrogens (tertiary/aromatic N) is 1. The smallest absolute Gasteiger partial charge is 0.320 e. The third kappa shape index (κ3) is 1.88. The van der Waals surface area contributed by atoms with Crippen LogP contribution in [0.4, 0.5) is 0 Å². The van der Waals surface area contributed by atoms with Gasteiger partial charge in [0.2, 0.25) is 0 Å². The Morgan fingerprint density at radius 1 is 1.47 bits per heavy atom. The second-order valence-electron chi connectivity index (χ2n) is 3.97. The minimum Gasteiger partial charge on any atom is -0.480 e. The van der Waals surface area contributed by atoms with Crippen molar-refractivity contribution in [3.05, 3.63) is 35.9 Å². The van der Waals surface area contributed by atoms with Crippen LogP contribution in [0, 0.1) is 0 Å². The number of hydrogen-bond donors (Lipinski definition) is 1. The molecule has 0 unspecified atom stereocenters. The van der Waals surface area contributed by atoms with E-state index in [2.05, 4.69) is 6.92 Å². The summed E-state index contributed by atoms with van der Waals surface area (Å²) in [6.07, 6.45) is 0.770. The first kappa shape index (κ1) is 10.2. The van der Waals surface area contributed by atoms with Crippen molar-refractivity contribution in [2.24, 2.45) is 0 Å². The molecule has 1 aromatic carbocycles. The quantitative estimate of drug-likeness (QED) is 0.819. The molecule has 0 spiro atoms. The van der Waals surface area contributed by atoms with Crippen molar-refractivity contribution in [1.82, 2.24) is 4.90 Å². The van der Waals surface area contributed by atoms with E-state index in [1.165, 1.54) is 5.56 Å². The molecule has 0 amide bonds. The zero-order valence-corrected chi connectivity index (χ0v) is 8.76. The van der Waals surface area contributed by atoms with E-state index in [-0.39, 0.29) is 12.1 Å². The van der Waals surface area contributed by atoms with Crippen molar-refractivity contribution in [1.29, 1.82) is 0 Å². The van der Waals surface area contributed by atoms with Crippen LogP contribution in [0.25, 0.3) is 0 Å². The van der Waals surface area contributed by atoms with Crippen LogP contribution in [0.2, 0.25) is 0 Å². The van der Waals surface area contributed by atoms with Gasteiger partial charge in [0.15, 0.2) is 0 Å². The molecular formula is C12H15NO2. The molecule has 80 valence electrons. The van der Waals surface area contributed by atoms with Gasteiger partial charge in [-0.25, -0.2) is 0 Å². The van der Waals surface area contributed by atoms with Gasteiger partial charge in [0.25, 0.3) is 0 Å². The first-order chi connectivity index (χ1) is 7.20. The highest BCUT2D eigenvalue weighted by molar-refractivity contribution is 5.74. The van der Waals surface area contributed by atoms with Gasteiger partial charge in [-0.15, -0.1) is 0 Å². The van der Waals surface area contributed by atoms with Gasteiger partial charge in [0, 0.05) is 12.6 Å². The van der Waals surface area contributed by atoms with Crippen LogP contribution < -0.4 is 0 Å². The molecule has 1 heterocycles. The van der Waals surface area contributed by atoms with Gasteiger partial charge in [-0.2, -0.15) is 0 Å². The average molecular weight is 205 g/mol.